The van der Waals surface area contributed by atoms with Crippen molar-refractivity contribution in [2.75, 3.05) is 14.1 Å². The van der Waals surface area contributed by atoms with E-state index in [2.05, 4.69) is 41.8 Å². The Hall–Kier alpha value is -0.0400. The van der Waals surface area contributed by atoms with Crippen LogP contribution in [0.5, 0.6) is 0 Å². The lowest BCUT2D eigenvalue weighted by Crippen LogP contribution is -2.55. The number of unbranched alkanes of at least 4 members (excludes halogenated alkanes) is 70. The van der Waals surface area contributed by atoms with Gasteiger partial charge in [-0.2, -0.15) is 0 Å². The molecular weight excluding hydrogens is 1050 g/mol. The molecule has 0 aromatic heterocycles. The summed E-state index contributed by atoms with van der Waals surface area (Å²) in [6.45, 7) is 9.33. The van der Waals surface area contributed by atoms with Crippen LogP contribution in [-0.4, -0.2) is 30.7 Å². The van der Waals surface area contributed by atoms with Crippen LogP contribution in [-0.2, 0) is 0 Å². The minimum Gasteiger partial charge on any atom is -0.324 e. The highest BCUT2D eigenvalue weighted by Gasteiger charge is 2.35. The average molecular weight is 1220 g/mol. The third kappa shape index (κ3) is 68.6. The van der Waals surface area contributed by atoms with Crippen molar-refractivity contribution in [1.29, 1.82) is 0 Å². The van der Waals surface area contributed by atoms with Gasteiger partial charge in [0.05, 0.1) is 26.2 Å². The van der Waals surface area contributed by atoms with Crippen LogP contribution in [0.25, 0.3) is 0 Å². The Bertz CT molecular complexity index is 1080. The zero-order valence-electron chi connectivity index (χ0n) is 62.8. The van der Waals surface area contributed by atoms with Crippen molar-refractivity contribution >= 4 is 0 Å². The molecule has 524 valence electrons. The van der Waals surface area contributed by atoms with Crippen molar-refractivity contribution in [3.05, 3.63) is 0 Å². The normalized spacial score (nSPS) is 12.8. The fourth-order valence-corrected chi connectivity index (χ4v) is 15.4. The van der Waals surface area contributed by atoms with Crippen molar-refractivity contribution < 1.29 is 4.48 Å². The summed E-state index contributed by atoms with van der Waals surface area (Å²) in [6, 6.07) is 1.72. The van der Waals surface area contributed by atoms with E-state index in [4.69, 9.17) is 0 Å². The first-order valence-electron chi connectivity index (χ1n) is 42.9. The maximum Gasteiger partial charge on any atom is 0.0888 e. The molecule has 2 atom stereocenters. The predicted molar refractivity (Wildman–Crippen MR) is 403 cm³/mol. The van der Waals surface area contributed by atoms with Gasteiger partial charge in [0.15, 0.2) is 0 Å². The Morgan fingerprint density at radius 2 is 0.207 bits per heavy atom. The highest BCUT2D eigenvalue weighted by molar-refractivity contribution is 4.69. The summed E-state index contributed by atoms with van der Waals surface area (Å²) in [5.74, 6) is 0. The van der Waals surface area contributed by atoms with Crippen molar-refractivity contribution in [3.8, 4) is 0 Å². The van der Waals surface area contributed by atoms with Gasteiger partial charge in [0.1, 0.15) is 0 Å². The van der Waals surface area contributed by atoms with Gasteiger partial charge in [-0.05, 0) is 51.4 Å². The minimum absolute atomic E-state index is 0.859. The maximum absolute atomic E-state index is 2.75. The molecule has 0 rings (SSSR count). The Labute approximate surface area is 556 Å². The van der Waals surface area contributed by atoms with E-state index in [1.54, 1.807) is 0 Å². The molecule has 0 bridgehead atoms. The lowest BCUT2D eigenvalue weighted by molar-refractivity contribution is -0.940. The summed E-state index contributed by atoms with van der Waals surface area (Å²) >= 11 is 0. The molecule has 87 heavy (non-hydrogen) atoms. The van der Waals surface area contributed by atoms with Gasteiger partial charge in [-0.25, -0.2) is 0 Å². The summed E-state index contributed by atoms with van der Waals surface area (Å²) in [7, 11) is 5.51. The van der Waals surface area contributed by atoms with Crippen molar-refractivity contribution in [3.63, 3.8) is 0 Å². The van der Waals surface area contributed by atoms with Crippen LogP contribution in [0.15, 0.2) is 0 Å². The standard InChI is InChI=1S/C86H176N/c1-7-11-15-19-23-27-31-35-39-43-45-47-51-55-59-63-67-71-75-79-83-85(81-77-73-69-65-61-57-53-49-41-37-33-29-25-21-17-13-9-3)87(5,6)86(82-78-74-70-66-62-58-54-50-42-38-34-30-26-22-18-14-10-4)84-80-76-72-68-64-60-56-52-48-46-44-40-36-32-28-24-20-16-12-8-2/h85-86H,7-84H2,1-6H3/q+1. The third-order valence-electron chi connectivity index (χ3n) is 21.9. The molecule has 1 nitrogen and oxygen atoms in total. The number of rotatable bonds is 80. The van der Waals surface area contributed by atoms with Crippen LogP contribution in [0, 0.1) is 0 Å². The summed E-state index contributed by atoms with van der Waals surface area (Å²) < 4.78 is 1.33. The lowest BCUT2D eigenvalue weighted by Gasteiger charge is -2.45. The number of nitrogens with zero attached hydrogens (tertiary/aromatic N) is 1. The van der Waals surface area contributed by atoms with Gasteiger partial charge >= 0.3 is 0 Å². The molecule has 2 unspecified atom stereocenters. The van der Waals surface area contributed by atoms with E-state index in [1.165, 1.54) is 505 Å². The molecule has 0 aliphatic rings. The Morgan fingerprint density at radius 1 is 0.126 bits per heavy atom. The van der Waals surface area contributed by atoms with Crippen molar-refractivity contribution in [1.82, 2.24) is 0 Å². The highest BCUT2D eigenvalue weighted by Crippen LogP contribution is 2.31. The molecule has 0 heterocycles. The van der Waals surface area contributed by atoms with Crippen LogP contribution in [0.3, 0.4) is 0 Å². The number of quaternary nitrogens is 1. The second-order valence-corrected chi connectivity index (χ2v) is 30.8. The molecule has 0 aromatic rings. The molecular formula is C86H176N+. The van der Waals surface area contributed by atoms with Gasteiger partial charge in [0.2, 0.25) is 0 Å². The fourth-order valence-electron chi connectivity index (χ4n) is 15.4. The monoisotopic (exact) mass is 1220 g/mol. The fraction of sp³-hybridized carbons (Fsp3) is 1.00. The Morgan fingerprint density at radius 3 is 0.299 bits per heavy atom. The first-order valence-corrected chi connectivity index (χ1v) is 42.9. The first kappa shape index (κ1) is 87.0. The average Bonchev–Trinajstić information content (AvgIpc) is 3.35. The smallest absolute Gasteiger partial charge is 0.0888 e. The van der Waals surface area contributed by atoms with Gasteiger partial charge in [-0.15, -0.1) is 0 Å². The topological polar surface area (TPSA) is 0 Å². The van der Waals surface area contributed by atoms with Crippen LogP contribution >= 0.6 is 0 Å². The number of hydrogen-bond acceptors (Lipinski definition) is 0. The second-order valence-electron chi connectivity index (χ2n) is 30.8. The van der Waals surface area contributed by atoms with Crippen molar-refractivity contribution in [2.24, 2.45) is 0 Å². The van der Waals surface area contributed by atoms with Gasteiger partial charge in [-0.1, -0.05) is 477 Å². The Kier molecular flexibility index (Phi) is 76.6. The van der Waals surface area contributed by atoms with E-state index in [9.17, 15) is 0 Å². The highest BCUT2D eigenvalue weighted by atomic mass is 15.4. The van der Waals surface area contributed by atoms with E-state index >= 15 is 0 Å². The molecule has 0 fully saturated rings. The van der Waals surface area contributed by atoms with E-state index in [0.717, 1.165) is 12.1 Å². The summed E-state index contributed by atoms with van der Waals surface area (Å²) in [6.07, 6.45) is 115. The van der Waals surface area contributed by atoms with Gasteiger partial charge < -0.3 is 4.48 Å². The molecule has 0 saturated heterocycles. The minimum atomic E-state index is 0.859. The summed E-state index contributed by atoms with van der Waals surface area (Å²) in [5.41, 5.74) is 0. The van der Waals surface area contributed by atoms with E-state index in [0.29, 0.717) is 0 Å². The predicted octanol–water partition coefficient (Wildman–Crippen LogP) is 32.3. The molecule has 1 heteroatoms. The third-order valence-corrected chi connectivity index (χ3v) is 21.9. The molecule has 0 N–H and O–H groups in total. The quantitative estimate of drug-likeness (QED) is 0.0421. The molecule has 0 amide bonds. The van der Waals surface area contributed by atoms with Crippen LogP contribution < -0.4 is 0 Å². The molecule has 0 aromatic carbocycles. The van der Waals surface area contributed by atoms with E-state index in [1.807, 2.05) is 0 Å². The van der Waals surface area contributed by atoms with Crippen LogP contribution in [0.2, 0.25) is 0 Å². The molecule has 0 aliphatic carbocycles. The van der Waals surface area contributed by atoms with Crippen LogP contribution in [0.1, 0.15) is 529 Å². The molecule has 0 radical (unpaired) electrons. The van der Waals surface area contributed by atoms with Crippen molar-refractivity contribution in [2.45, 2.75) is 541 Å². The maximum atomic E-state index is 2.75. The zero-order valence-corrected chi connectivity index (χ0v) is 62.8. The van der Waals surface area contributed by atoms with E-state index < -0.39 is 0 Å². The summed E-state index contributed by atoms with van der Waals surface area (Å²) in [5, 5.41) is 0. The SMILES string of the molecule is CCCCCCCCCCCCCCCCCCCCCCC(CCCCCCCCCCCCCCCCCCC)[N+](C)(C)C(CCCCCCCCCCCCCCCCCCC)CCCCCCCCCCCCCCCCCCCCCC. The molecule has 0 saturated carbocycles. The number of hydrogen-bond donors (Lipinski definition) is 0. The van der Waals surface area contributed by atoms with Gasteiger partial charge in [0, 0.05) is 0 Å². The van der Waals surface area contributed by atoms with E-state index in [-0.39, 0.29) is 0 Å². The summed E-state index contributed by atoms with van der Waals surface area (Å²) in [4.78, 5) is 0. The lowest BCUT2D eigenvalue weighted by atomic mass is 9.91. The molecule has 0 spiro atoms. The Balaban J connectivity index is 5.11. The first-order chi connectivity index (χ1) is 43.0. The van der Waals surface area contributed by atoms with Gasteiger partial charge in [-0.3, -0.25) is 0 Å². The largest absolute Gasteiger partial charge is 0.324 e. The second kappa shape index (κ2) is 76.7. The van der Waals surface area contributed by atoms with Crippen LogP contribution in [0.4, 0.5) is 0 Å². The zero-order chi connectivity index (χ0) is 62.8. The molecule has 0 aliphatic heterocycles. The van der Waals surface area contributed by atoms with Gasteiger partial charge in [0.25, 0.3) is 0 Å².